The Bertz CT molecular complexity index is 866. The van der Waals surface area contributed by atoms with Crippen molar-refractivity contribution in [2.45, 2.75) is 44.9 Å². The number of carbonyl (C=O) groups excluding carboxylic acids is 1. The van der Waals surface area contributed by atoms with E-state index in [0.717, 1.165) is 12.3 Å². The fraction of sp³-hybridized carbons (Fsp3) is 0.409. The van der Waals surface area contributed by atoms with E-state index in [4.69, 9.17) is 4.74 Å². The van der Waals surface area contributed by atoms with Crippen LogP contribution in [0.25, 0.3) is 0 Å². The lowest BCUT2D eigenvalue weighted by molar-refractivity contribution is -0.141. The predicted octanol–water partition coefficient (Wildman–Crippen LogP) is 4.29. The third-order valence-corrected chi connectivity index (χ3v) is 4.75. The first kappa shape index (κ1) is 24.3. The van der Waals surface area contributed by atoms with Crippen LogP contribution in [-0.4, -0.2) is 45.3 Å². The summed E-state index contributed by atoms with van der Waals surface area (Å²) in [6.07, 6.45) is 3.52. The van der Waals surface area contributed by atoms with Gasteiger partial charge in [0.2, 0.25) is 5.91 Å². The molecule has 0 unspecified atom stereocenters. The van der Waals surface area contributed by atoms with Crippen molar-refractivity contribution in [2.24, 2.45) is 4.99 Å². The molecular weight excluding hydrogens is 411 g/mol. The second-order valence-corrected chi connectivity index (χ2v) is 6.98. The van der Waals surface area contributed by atoms with Gasteiger partial charge in [-0.2, -0.15) is 13.2 Å². The molecule has 0 saturated carbocycles. The van der Waals surface area contributed by atoms with Gasteiger partial charge in [0.05, 0.1) is 6.20 Å². The van der Waals surface area contributed by atoms with Gasteiger partial charge in [-0.25, -0.2) is 4.98 Å². The Morgan fingerprint density at radius 1 is 1.39 bits per heavy atom. The fourth-order valence-electron chi connectivity index (χ4n) is 3.13. The Kier molecular flexibility index (Phi) is 8.15. The van der Waals surface area contributed by atoms with Gasteiger partial charge in [-0.05, 0) is 50.5 Å². The summed E-state index contributed by atoms with van der Waals surface area (Å²) in [7, 11) is 0. The number of aliphatic imine (C=N–C) groups is 1. The number of rotatable bonds is 7. The zero-order chi connectivity index (χ0) is 23.1. The Morgan fingerprint density at radius 3 is 2.55 bits per heavy atom. The number of pyridine rings is 1. The summed E-state index contributed by atoms with van der Waals surface area (Å²) >= 11 is 0. The Labute approximate surface area is 179 Å². The highest BCUT2D eigenvalue weighted by atomic mass is 19.4. The molecule has 2 rings (SSSR count). The number of alkyl halides is 3. The molecular formula is C22H26F3N3O3. The van der Waals surface area contributed by atoms with Crippen LogP contribution in [0.5, 0.6) is 5.75 Å². The highest BCUT2D eigenvalue weighted by molar-refractivity contribution is 6.05. The lowest BCUT2D eigenvalue weighted by atomic mass is 9.85. The van der Waals surface area contributed by atoms with Gasteiger partial charge in [-0.1, -0.05) is 19.6 Å². The van der Waals surface area contributed by atoms with E-state index in [1.807, 2.05) is 6.92 Å². The molecule has 168 valence electrons. The number of allylic oxidation sites excluding steroid dienone is 2. The van der Waals surface area contributed by atoms with E-state index < -0.39 is 17.5 Å². The van der Waals surface area contributed by atoms with Gasteiger partial charge in [0.15, 0.2) is 0 Å². The zero-order valence-electron chi connectivity index (χ0n) is 17.5. The number of ether oxygens (including phenoxy) is 1. The third kappa shape index (κ3) is 6.27. The second-order valence-electron chi connectivity index (χ2n) is 6.98. The van der Waals surface area contributed by atoms with Crippen LogP contribution >= 0.6 is 0 Å². The lowest BCUT2D eigenvalue weighted by Gasteiger charge is -2.38. The maximum absolute atomic E-state index is 12.8. The maximum Gasteiger partial charge on any atom is 0.433 e. The lowest BCUT2D eigenvalue weighted by Crippen LogP contribution is -2.51. The number of hydrogen-bond acceptors (Lipinski definition) is 5. The van der Waals surface area contributed by atoms with Crippen molar-refractivity contribution < 1.29 is 27.8 Å². The topological polar surface area (TPSA) is 75.0 Å². The molecule has 1 amide bonds. The molecule has 1 aliphatic rings. The number of halogens is 3. The molecule has 1 fully saturated rings. The van der Waals surface area contributed by atoms with E-state index in [-0.39, 0.29) is 36.0 Å². The van der Waals surface area contributed by atoms with E-state index in [2.05, 4.69) is 16.6 Å². The van der Waals surface area contributed by atoms with E-state index >= 15 is 0 Å². The summed E-state index contributed by atoms with van der Waals surface area (Å²) in [5.41, 5.74) is -2.16. The van der Waals surface area contributed by atoms with Gasteiger partial charge in [-0.3, -0.25) is 9.79 Å². The van der Waals surface area contributed by atoms with Crippen molar-refractivity contribution in [3.05, 3.63) is 60.8 Å². The molecule has 0 bridgehead atoms. The number of hydrogen-bond donors (Lipinski definition) is 1. The standard InChI is InChI=1S/C22H26F3N3O3/c1-4-7-17(31-16-8-9-18(27-15-16)22(23,24)25)20(26-12-5-2)21(30)10-13-28(14-11-21)19(29)6-3/h5-9,12,15,30H,3-4,10-11,13-14H2,1-2H3/b12-5-,17-7-,26-20+. The van der Waals surface area contributed by atoms with Crippen LogP contribution in [-0.2, 0) is 11.0 Å². The number of piperidine rings is 1. The van der Waals surface area contributed by atoms with E-state index in [0.29, 0.717) is 19.5 Å². The minimum absolute atomic E-state index is 0.0868. The number of likely N-dealkylation sites (tertiary alicyclic amines) is 1. The molecule has 1 aromatic heterocycles. The quantitative estimate of drug-likeness (QED) is 0.392. The third-order valence-electron chi connectivity index (χ3n) is 4.75. The summed E-state index contributed by atoms with van der Waals surface area (Å²) in [6, 6.07) is 2.00. The van der Waals surface area contributed by atoms with Gasteiger partial charge in [0, 0.05) is 19.3 Å². The largest absolute Gasteiger partial charge is 0.454 e. The molecule has 1 aromatic rings. The van der Waals surface area contributed by atoms with Crippen molar-refractivity contribution in [2.75, 3.05) is 13.1 Å². The summed E-state index contributed by atoms with van der Waals surface area (Å²) in [4.78, 5) is 21.2. The average molecular weight is 437 g/mol. The minimum Gasteiger partial charge on any atom is -0.454 e. The predicted molar refractivity (Wildman–Crippen MR) is 111 cm³/mol. The number of aliphatic hydroxyl groups is 1. The van der Waals surface area contributed by atoms with Crippen LogP contribution in [0.2, 0.25) is 0 Å². The first-order valence-electron chi connectivity index (χ1n) is 9.89. The number of amides is 1. The SMILES string of the molecule is C=CC(=O)N1CCC(O)(C(=N/C=C\C)/C(=C/CC)Oc2ccc(C(F)(F)F)nc2)CC1. The van der Waals surface area contributed by atoms with Gasteiger partial charge >= 0.3 is 6.18 Å². The smallest absolute Gasteiger partial charge is 0.433 e. The van der Waals surface area contributed by atoms with Crippen molar-refractivity contribution in [1.82, 2.24) is 9.88 Å². The monoisotopic (exact) mass is 437 g/mol. The molecule has 0 atom stereocenters. The first-order valence-corrected chi connectivity index (χ1v) is 9.89. The molecule has 0 radical (unpaired) electrons. The molecule has 0 aliphatic carbocycles. The highest BCUT2D eigenvalue weighted by Gasteiger charge is 2.40. The zero-order valence-corrected chi connectivity index (χ0v) is 17.5. The van der Waals surface area contributed by atoms with Crippen molar-refractivity contribution in [3.63, 3.8) is 0 Å². The van der Waals surface area contributed by atoms with E-state index in [9.17, 15) is 23.1 Å². The van der Waals surface area contributed by atoms with Crippen molar-refractivity contribution in [1.29, 1.82) is 0 Å². The van der Waals surface area contributed by atoms with Crippen LogP contribution in [0.1, 0.15) is 38.8 Å². The van der Waals surface area contributed by atoms with Crippen LogP contribution in [0.3, 0.4) is 0 Å². The Balaban J connectivity index is 2.32. The number of aromatic nitrogens is 1. The average Bonchev–Trinajstić information content (AvgIpc) is 2.73. The van der Waals surface area contributed by atoms with Crippen molar-refractivity contribution >= 4 is 11.6 Å². The molecule has 1 aliphatic heterocycles. The fourth-order valence-corrected chi connectivity index (χ4v) is 3.13. The van der Waals surface area contributed by atoms with Crippen LogP contribution in [0.15, 0.2) is 60.1 Å². The summed E-state index contributed by atoms with van der Waals surface area (Å²) in [6.45, 7) is 7.70. The van der Waals surface area contributed by atoms with Crippen molar-refractivity contribution in [3.8, 4) is 5.75 Å². The Hall–Kier alpha value is -2.94. The van der Waals surface area contributed by atoms with Crippen LogP contribution in [0.4, 0.5) is 13.2 Å². The molecule has 1 saturated heterocycles. The maximum atomic E-state index is 12.8. The molecule has 2 heterocycles. The van der Waals surface area contributed by atoms with Crippen LogP contribution < -0.4 is 4.74 Å². The molecule has 0 aromatic carbocycles. The minimum atomic E-state index is -4.55. The summed E-state index contributed by atoms with van der Waals surface area (Å²) in [5.74, 6) is 0.0994. The molecule has 31 heavy (non-hydrogen) atoms. The molecule has 0 spiro atoms. The van der Waals surface area contributed by atoms with E-state index in [1.165, 1.54) is 18.3 Å². The van der Waals surface area contributed by atoms with Gasteiger partial charge < -0.3 is 14.7 Å². The van der Waals surface area contributed by atoms with Gasteiger partial charge in [-0.15, -0.1) is 0 Å². The molecule has 9 heteroatoms. The van der Waals surface area contributed by atoms with Gasteiger partial charge in [0.1, 0.15) is 28.5 Å². The highest BCUT2D eigenvalue weighted by Crippen LogP contribution is 2.31. The summed E-state index contributed by atoms with van der Waals surface area (Å²) < 4.78 is 44.1. The number of carbonyl (C=O) groups is 1. The molecule has 1 N–H and O–H groups in total. The normalized spacial score (nSPS) is 17.7. The number of nitrogens with zero attached hydrogens (tertiary/aromatic N) is 3. The van der Waals surface area contributed by atoms with Gasteiger partial charge in [0.25, 0.3) is 0 Å². The molecule has 6 nitrogen and oxygen atoms in total. The Morgan fingerprint density at radius 2 is 2.06 bits per heavy atom. The summed E-state index contributed by atoms with van der Waals surface area (Å²) in [5, 5.41) is 11.3. The first-order chi connectivity index (χ1) is 14.6. The second kappa shape index (κ2) is 10.4. The van der Waals surface area contributed by atoms with E-state index in [1.54, 1.807) is 24.0 Å². The van der Waals surface area contributed by atoms with Crippen LogP contribution in [0, 0.1) is 0 Å².